The van der Waals surface area contributed by atoms with Crippen molar-refractivity contribution in [2.75, 3.05) is 6.54 Å². The predicted octanol–water partition coefficient (Wildman–Crippen LogP) is 1.97. The summed E-state index contributed by atoms with van der Waals surface area (Å²) in [5.74, 6) is 0. The summed E-state index contributed by atoms with van der Waals surface area (Å²) in [7, 11) is 0. The minimum absolute atomic E-state index is 0.0347. The fourth-order valence-electron chi connectivity index (χ4n) is 2.48. The largest absolute Gasteiger partial charge is 0.312 e. The summed E-state index contributed by atoms with van der Waals surface area (Å²) in [5, 5.41) is 7.79. The summed E-state index contributed by atoms with van der Waals surface area (Å²) < 4.78 is 3.45. The van der Waals surface area contributed by atoms with Gasteiger partial charge in [0.2, 0.25) is 0 Å². The summed E-state index contributed by atoms with van der Waals surface area (Å²) in [5.41, 5.74) is 1.55. The molecule has 0 bridgehead atoms. The Bertz CT molecular complexity index is 614. The van der Waals surface area contributed by atoms with E-state index in [1.165, 1.54) is 0 Å². The third-order valence-corrected chi connectivity index (χ3v) is 3.46. The van der Waals surface area contributed by atoms with E-state index >= 15 is 0 Å². The van der Waals surface area contributed by atoms with Crippen LogP contribution in [0.3, 0.4) is 0 Å². The van der Waals surface area contributed by atoms with Crippen molar-refractivity contribution in [3.8, 4) is 0 Å². The molecule has 0 aliphatic rings. The fraction of sp³-hybridized carbons (Fsp3) is 0.600. The molecular weight excluding hydrogens is 252 g/mol. The van der Waals surface area contributed by atoms with Crippen molar-refractivity contribution in [2.45, 2.75) is 52.6 Å². The lowest BCUT2D eigenvalue weighted by atomic mass is 10.1. The first-order chi connectivity index (χ1) is 9.65. The molecular formula is C15H24N4O. The van der Waals surface area contributed by atoms with Gasteiger partial charge in [0.15, 0.2) is 0 Å². The van der Waals surface area contributed by atoms with Crippen LogP contribution >= 0.6 is 0 Å². The first-order valence-corrected chi connectivity index (χ1v) is 7.44. The van der Waals surface area contributed by atoms with Gasteiger partial charge in [-0.1, -0.05) is 20.3 Å². The second-order valence-corrected chi connectivity index (χ2v) is 5.31. The van der Waals surface area contributed by atoms with Gasteiger partial charge in [0.05, 0.1) is 5.69 Å². The second-order valence-electron chi connectivity index (χ2n) is 5.31. The smallest absolute Gasteiger partial charge is 0.276 e. The highest BCUT2D eigenvalue weighted by Crippen LogP contribution is 2.03. The van der Waals surface area contributed by atoms with Gasteiger partial charge in [-0.15, -0.1) is 0 Å². The Kier molecular flexibility index (Phi) is 4.95. The van der Waals surface area contributed by atoms with Crippen LogP contribution < -0.4 is 10.9 Å². The van der Waals surface area contributed by atoms with Crippen LogP contribution in [0, 0.1) is 6.92 Å². The summed E-state index contributed by atoms with van der Waals surface area (Å²) in [6.07, 6.45) is 6.99. The molecule has 110 valence electrons. The number of nitrogens with zero attached hydrogens (tertiary/aromatic N) is 3. The minimum Gasteiger partial charge on any atom is -0.312 e. The molecule has 1 atom stereocenters. The van der Waals surface area contributed by atoms with Crippen molar-refractivity contribution in [1.29, 1.82) is 0 Å². The van der Waals surface area contributed by atoms with Gasteiger partial charge in [-0.3, -0.25) is 4.79 Å². The minimum atomic E-state index is 0.0347. The van der Waals surface area contributed by atoms with E-state index in [0.717, 1.165) is 31.5 Å². The Morgan fingerprint density at radius 1 is 1.30 bits per heavy atom. The van der Waals surface area contributed by atoms with Gasteiger partial charge in [-0.25, -0.2) is 4.52 Å². The summed E-state index contributed by atoms with van der Waals surface area (Å²) in [4.78, 5) is 12.4. The molecule has 1 unspecified atom stereocenters. The summed E-state index contributed by atoms with van der Waals surface area (Å²) in [6.45, 7) is 7.94. The molecule has 0 saturated carbocycles. The third-order valence-electron chi connectivity index (χ3n) is 3.46. The number of aryl methyl sites for hydroxylation is 1. The van der Waals surface area contributed by atoms with Crippen LogP contribution in [0.1, 0.15) is 38.8 Å². The van der Waals surface area contributed by atoms with Crippen LogP contribution in [0.15, 0.2) is 23.3 Å². The maximum atomic E-state index is 12.4. The van der Waals surface area contributed by atoms with Crippen molar-refractivity contribution in [3.05, 3.63) is 34.5 Å². The summed E-state index contributed by atoms with van der Waals surface area (Å²) >= 11 is 0. The Labute approximate surface area is 119 Å². The molecule has 2 aromatic rings. The maximum absolute atomic E-state index is 12.4. The van der Waals surface area contributed by atoms with E-state index in [0.29, 0.717) is 18.1 Å². The summed E-state index contributed by atoms with van der Waals surface area (Å²) in [6, 6.07) is 2.19. The van der Waals surface area contributed by atoms with Gasteiger partial charge >= 0.3 is 0 Å². The molecule has 1 N–H and O–H groups in total. The quantitative estimate of drug-likeness (QED) is 0.841. The van der Waals surface area contributed by atoms with Crippen LogP contribution in [0.2, 0.25) is 0 Å². The monoisotopic (exact) mass is 276 g/mol. The van der Waals surface area contributed by atoms with Gasteiger partial charge in [-0.05, 0) is 32.4 Å². The fourth-order valence-corrected chi connectivity index (χ4v) is 2.48. The standard InChI is InChI=1S/C15H24N4O/c1-4-6-13(16-7-5-2)11-18-8-9-19-14(15(18)20)10-12(3)17-19/h8-10,13,16H,4-7,11H2,1-3H3. The van der Waals surface area contributed by atoms with Crippen LogP contribution in [0.4, 0.5) is 0 Å². The zero-order chi connectivity index (χ0) is 14.5. The van der Waals surface area contributed by atoms with Crippen molar-refractivity contribution in [1.82, 2.24) is 19.5 Å². The molecule has 0 aliphatic carbocycles. The van der Waals surface area contributed by atoms with E-state index in [1.807, 2.05) is 25.4 Å². The van der Waals surface area contributed by atoms with Gasteiger partial charge in [0.1, 0.15) is 5.52 Å². The molecule has 0 spiro atoms. The highest BCUT2D eigenvalue weighted by molar-refractivity contribution is 5.44. The van der Waals surface area contributed by atoms with E-state index < -0.39 is 0 Å². The highest BCUT2D eigenvalue weighted by Gasteiger charge is 2.11. The number of hydrogen-bond donors (Lipinski definition) is 1. The SMILES string of the molecule is CCCNC(CCC)Cn1ccn2nc(C)cc2c1=O. The zero-order valence-corrected chi connectivity index (χ0v) is 12.6. The number of nitrogens with one attached hydrogen (secondary N) is 1. The molecule has 0 radical (unpaired) electrons. The molecule has 0 fully saturated rings. The van der Waals surface area contributed by atoms with E-state index in [4.69, 9.17) is 0 Å². The molecule has 0 amide bonds. The Hall–Kier alpha value is -1.62. The van der Waals surface area contributed by atoms with Crippen LogP contribution in [0.5, 0.6) is 0 Å². The van der Waals surface area contributed by atoms with Gasteiger partial charge in [0.25, 0.3) is 5.56 Å². The molecule has 0 aromatic carbocycles. The average molecular weight is 276 g/mol. The Morgan fingerprint density at radius 3 is 2.80 bits per heavy atom. The van der Waals surface area contributed by atoms with E-state index in [9.17, 15) is 4.79 Å². The van der Waals surface area contributed by atoms with Crippen LogP contribution in [-0.2, 0) is 6.54 Å². The van der Waals surface area contributed by atoms with Crippen LogP contribution in [0.25, 0.3) is 5.52 Å². The molecule has 20 heavy (non-hydrogen) atoms. The van der Waals surface area contributed by atoms with Crippen molar-refractivity contribution in [3.63, 3.8) is 0 Å². The molecule has 2 rings (SSSR count). The molecule has 5 nitrogen and oxygen atoms in total. The number of fused-ring (bicyclic) bond motifs is 1. The number of aromatic nitrogens is 3. The lowest BCUT2D eigenvalue weighted by molar-refractivity contribution is 0.415. The average Bonchev–Trinajstić information content (AvgIpc) is 2.81. The first kappa shape index (κ1) is 14.8. The topological polar surface area (TPSA) is 51.3 Å². The Balaban J connectivity index is 2.22. The number of rotatable bonds is 7. The maximum Gasteiger partial charge on any atom is 0.276 e. The van der Waals surface area contributed by atoms with Crippen molar-refractivity contribution in [2.24, 2.45) is 0 Å². The molecule has 0 saturated heterocycles. The van der Waals surface area contributed by atoms with E-state index in [1.54, 1.807) is 9.08 Å². The molecule has 2 aromatic heterocycles. The number of hydrogen-bond acceptors (Lipinski definition) is 3. The second kappa shape index (κ2) is 6.70. The van der Waals surface area contributed by atoms with E-state index in [-0.39, 0.29) is 5.56 Å². The van der Waals surface area contributed by atoms with Crippen molar-refractivity contribution < 1.29 is 0 Å². The molecule has 5 heteroatoms. The Morgan fingerprint density at radius 2 is 2.10 bits per heavy atom. The lowest BCUT2D eigenvalue weighted by Gasteiger charge is -2.19. The van der Waals surface area contributed by atoms with Gasteiger partial charge in [-0.2, -0.15) is 5.10 Å². The van der Waals surface area contributed by atoms with Crippen molar-refractivity contribution >= 4 is 5.52 Å². The first-order valence-electron chi connectivity index (χ1n) is 7.44. The van der Waals surface area contributed by atoms with Gasteiger partial charge in [0, 0.05) is 25.0 Å². The normalized spacial score (nSPS) is 12.9. The molecule has 2 heterocycles. The van der Waals surface area contributed by atoms with Gasteiger partial charge < -0.3 is 9.88 Å². The van der Waals surface area contributed by atoms with Crippen LogP contribution in [-0.4, -0.2) is 26.8 Å². The highest BCUT2D eigenvalue weighted by atomic mass is 16.1. The predicted molar refractivity (Wildman–Crippen MR) is 81.2 cm³/mol. The molecule has 0 aliphatic heterocycles. The zero-order valence-electron chi connectivity index (χ0n) is 12.6. The lowest BCUT2D eigenvalue weighted by Crippen LogP contribution is -2.37. The van der Waals surface area contributed by atoms with E-state index in [2.05, 4.69) is 24.3 Å². The third kappa shape index (κ3) is 3.28.